The zero-order valence-electron chi connectivity index (χ0n) is 10.5. The highest BCUT2D eigenvalue weighted by Gasteiger charge is 2.27. The van der Waals surface area contributed by atoms with Gasteiger partial charge in [0.1, 0.15) is 0 Å². The molecule has 1 saturated heterocycles. The van der Waals surface area contributed by atoms with Gasteiger partial charge in [0.15, 0.2) is 6.23 Å². The average Bonchev–Trinajstić information content (AvgIpc) is 2.32. The molecule has 100 valence electrons. The lowest BCUT2D eigenvalue weighted by molar-refractivity contribution is -0.0766. The molecular formula is C12H17NO4S. The van der Waals surface area contributed by atoms with Crippen LogP contribution in [0.1, 0.15) is 5.56 Å². The summed E-state index contributed by atoms with van der Waals surface area (Å²) in [6.45, 7) is 3.43. The van der Waals surface area contributed by atoms with Crippen molar-refractivity contribution >= 4 is 10.1 Å². The Morgan fingerprint density at radius 1 is 1.33 bits per heavy atom. The van der Waals surface area contributed by atoms with Gasteiger partial charge < -0.3 is 4.74 Å². The fourth-order valence-corrected chi connectivity index (χ4v) is 2.75. The van der Waals surface area contributed by atoms with E-state index in [9.17, 15) is 8.42 Å². The van der Waals surface area contributed by atoms with Gasteiger partial charge in [-0.15, -0.1) is 0 Å². The van der Waals surface area contributed by atoms with Gasteiger partial charge in [0.05, 0.1) is 18.1 Å². The quantitative estimate of drug-likeness (QED) is 0.767. The maximum atomic E-state index is 12.1. The van der Waals surface area contributed by atoms with Crippen molar-refractivity contribution in [2.75, 3.05) is 26.8 Å². The summed E-state index contributed by atoms with van der Waals surface area (Å²) in [5.74, 6) is 0. The van der Waals surface area contributed by atoms with Crippen molar-refractivity contribution < 1.29 is 17.3 Å². The Balaban J connectivity index is 2.13. The second-order valence-electron chi connectivity index (χ2n) is 4.37. The van der Waals surface area contributed by atoms with Crippen molar-refractivity contribution in [2.45, 2.75) is 18.0 Å². The normalized spacial score (nSPS) is 22.0. The Morgan fingerprint density at radius 2 is 2.00 bits per heavy atom. The number of likely N-dealkylation sites (N-methyl/N-ethyl adjacent to an activating group) is 1. The number of nitrogens with zero attached hydrogens (tertiary/aromatic N) is 1. The summed E-state index contributed by atoms with van der Waals surface area (Å²) in [6, 6.07) is 6.59. The third-order valence-electron chi connectivity index (χ3n) is 2.89. The predicted molar refractivity (Wildman–Crippen MR) is 66.7 cm³/mol. The molecule has 1 aromatic carbocycles. The van der Waals surface area contributed by atoms with Crippen molar-refractivity contribution in [3.8, 4) is 0 Å². The third-order valence-corrected chi connectivity index (χ3v) is 4.21. The molecule has 0 amide bonds. The Labute approximate surface area is 107 Å². The van der Waals surface area contributed by atoms with Gasteiger partial charge in [0, 0.05) is 6.54 Å². The van der Waals surface area contributed by atoms with E-state index in [2.05, 4.69) is 0 Å². The molecule has 0 spiro atoms. The molecule has 1 aliphatic rings. The molecule has 1 heterocycles. The Hall–Kier alpha value is -0.950. The first kappa shape index (κ1) is 13.5. The van der Waals surface area contributed by atoms with E-state index in [-0.39, 0.29) is 11.5 Å². The van der Waals surface area contributed by atoms with Crippen LogP contribution in [0.4, 0.5) is 0 Å². The zero-order chi connectivity index (χ0) is 13.2. The highest BCUT2D eigenvalue weighted by atomic mass is 32.2. The Kier molecular flexibility index (Phi) is 4.01. The standard InChI is InChI=1S/C12H17NO4S/c1-10-3-5-11(6-4-10)18(14,15)17-12-9-16-8-7-13(12)2/h3-6,12H,7-9H2,1-2H3. The van der Waals surface area contributed by atoms with E-state index in [4.69, 9.17) is 8.92 Å². The fourth-order valence-electron chi connectivity index (χ4n) is 1.67. The summed E-state index contributed by atoms with van der Waals surface area (Å²) >= 11 is 0. The minimum atomic E-state index is -3.73. The van der Waals surface area contributed by atoms with Gasteiger partial charge in [-0.05, 0) is 26.1 Å². The minimum absolute atomic E-state index is 0.173. The Bertz CT molecular complexity index is 497. The maximum Gasteiger partial charge on any atom is 0.298 e. The van der Waals surface area contributed by atoms with Gasteiger partial charge >= 0.3 is 0 Å². The van der Waals surface area contributed by atoms with Crippen LogP contribution in [-0.4, -0.2) is 46.4 Å². The van der Waals surface area contributed by atoms with Crippen molar-refractivity contribution in [3.05, 3.63) is 29.8 Å². The summed E-state index contributed by atoms with van der Waals surface area (Å²) in [5.41, 5.74) is 1.01. The molecule has 0 radical (unpaired) electrons. The average molecular weight is 271 g/mol. The molecule has 1 unspecified atom stereocenters. The second kappa shape index (κ2) is 5.36. The van der Waals surface area contributed by atoms with Crippen molar-refractivity contribution in [1.82, 2.24) is 4.90 Å². The molecule has 18 heavy (non-hydrogen) atoms. The van der Waals surface area contributed by atoms with Crippen LogP contribution in [0.5, 0.6) is 0 Å². The number of benzene rings is 1. The molecule has 1 atom stereocenters. The van der Waals surface area contributed by atoms with E-state index < -0.39 is 16.3 Å². The van der Waals surface area contributed by atoms with Crippen molar-refractivity contribution in [3.63, 3.8) is 0 Å². The lowest BCUT2D eigenvalue weighted by Crippen LogP contribution is -2.45. The van der Waals surface area contributed by atoms with Crippen LogP contribution < -0.4 is 0 Å². The smallest absolute Gasteiger partial charge is 0.298 e. The summed E-state index contributed by atoms with van der Waals surface area (Å²) in [4.78, 5) is 2.00. The summed E-state index contributed by atoms with van der Waals surface area (Å²) in [7, 11) is -1.91. The number of ether oxygens (including phenoxy) is 1. The van der Waals surface area contributed by atoms with E-state index in [0.717, 1.165) is 5.56 Å². The van der Waals surface area contributed by atoms with Crippen LogP contribution in [0, 0.1) is 6.92 Å². The molecule has 5 nitrogen and oxygen atoms in total. The molecule has 1 aromatic rings. The maximum absolute atomic E-state index is 12.1. The van der Waals surface area contributed by atoms with Crippen LogP contribution in [-0.2, 0) is 19.0 Å². The van der Waals surface area contributed by atoms with Crippen LogP contribution in [0.2, 0.25) is 0 Å². The predicted octanol–water partition coefficient (Wildman–Crippen LogP) is 0.988. The molecule has 2 rings (SSSR count). The summed E-state index contributed by atoms with van der Waals surface area (Å²) in [6.07, 6.45) is -0.551. The number of hydrogen-bond acceptors (Lipinski definition) is 5. The van der Waals surface area contributed by atoms with Gasteiger partial charge in [-0.3, -0.25) is 4.90 Å². The first-order valence-electron chi connectivity index (χ1n) is 5.77. The second-order valence-corrected chi connectivity index (χ2v) is 5.95. The van der Waals surface area contributed by atoms with Crippen LogP contribution >= 0.6 is 0 Å². The van der Waals surface area contributed by atoms with Crippen LogP contribution in [0.15, 0.2) is 29.2 Å². The van der Waals surface area contributed by atoms with Gasteiger partial charge in [0.25, 0.3) is 10.1 Å². The first-order valence-corrected chi connectivity index (χ1v) is 7.18. The van der Waals surface area contributed by atoms with Gasteiger partial charge in [-0.25, -0.2) is 4.18 Å². The monoisotopic (exact) mass is 271 g/mol. The van der Waals surface area contributed by atoms with Crippen molar-refractivity contribution in [2.24, 2.45) is 0 Å². The minimum Gasteiger partial charge on any atom is -0.376 e. The topological polar surface area (TPSA) is 55.8 Å². The summed E-state index contributed by atoms with van der Waals surface area (Å²) < 4.78 is 34.5. The number of hydrogen-bond donors (Lipinski definition) is 0. The SMILES string of the molecule is Cc1ccc(S(=O)(=O)OC2COCCN2C)cc1. The largest absolute Gasteiger partial charge is 0.376 e. The number of rotatable bonds is 3. The molecule has 6 heteroatoms. The molecule has 0 aromatic heterocycles. The van der Waals surface area contributed by atoms with Gasteiger partial charge in [-0.1, -0.05) is 17.7 Å². The highest BCUT2D eigenvalue weighted by Crippen LogP contribution is 2.17. The number of aryl methyl sites for hydroxylation is 1. The van der Waals surface area contributed by atoms with Gasteiger partial charge in [-0.2, -0.15) is 8.42 Å². The van der Waals surface area contributed by atoms with Gasteiger partial charge in [0.2, 0.25) is 0 Å². The lowest BCUT2D eigenvalue weighted by Gasteiger charge is -2.31. The molecule has 0 aliphatic carbocycles. The lowest BCUT2D eigenvalue weighted by atomic mass is 10.2. The van der Waals surface area contributed by atoms with E-state index in [1.54, 1.807) is 24.3 Å². The molecule has 1 aliphatic heterocycles. The van der Waals surface area contributed by atoms with E-state index >= 15 is 0 Å². The molecule has 1 fully saturated rings. The number of morpholine rings is 1. The Morgan fingerprint density at radius 3 is 2.61 bits per heavy atom. The van der Waals surface area contributed by atoms with Crippen LogP contribution in [0.3, 0.4) is 0 Å². The van der Waals surface area contributed by atoms with E-state index in [1.807, 2.05) is 18.9 Å². The van der Waals surface area contributed by atoms with E-state index in [1.165, 1.54) is 0 Å². The molecule has 0 bridgehead atoms. The van der Waals surface area contributed by atoms with E-state index in [0.29, 0.717) is 13.2 Å². The van der Waals surface area contributed by atoms with Crippen LogP contribution in [0.25, 0.3) is 0 Å². The zero-order valence-corrected chi connectivity index (χ0v) is 11.3. The fraction of sp³-hybridized carbons (Fsp3) is 0.500. The first-order chi connectivity index (χ1) is 8.49. The summed E-state index contributed by atoms with van der Waals surface area (Å²) in [5, 5.41) is 0. The van der Waals surface area contributed by atoms with Crippen molar-refractivity contribution in [1.29, 1.82) is 0 Å². The third kappa shape index (κ3) is 3.08. The molecular weight excluding hydrogens is 254 g/mol. The molecule has 0 N–H and O–H groups in total. The highest BCUT2D eigenvalue weighted by molar-refractivity contribution is 7.86. The molecule has 0 saturated carbocycles.